The summed E-state index contributed by atoms with van der Waals surface area (Å²) in [4.78, 5) is 22.7. The third-order valence-electron chi connectivity index (χ3n) is 5.55. The predicted molar refractivity (Wildman–Crippen MR) is 140 cm³/mol. The first-order valence-corrected chi connectivity index (χ1v) is 13.2. The number of aliphatic carboxylic acids is 1. The number of anilines is 1. The maximum Gasteiger partial charge on any atom is 0.303 e. The molecule has 1 aromatic rings. The number of rotatable bonds is 16. The molecule has 0 fully saturated rings. The zero-order chi connectivity index (χ0) is 25.0. The van der Waals surface area contributed by atoms with Gasteiger partial charge in [-0.2, -0.15) is 4.98 Å². The van der Waals surface area contributed by atoms with Crippen molar-refractivity contribution in [2.75, 3.05) is 25.5 Å². The van der Waals surface area contributed by atoms with Crippen LogP contribution in [0.25, 0.3) is 0 Å². The van der Waals surface area contributed by atoms with Gasteiger partial charge in [-0.3, -0.25) is 9.79 Å². The van der Waals surface area contributed by atoms with Gasteiger partial charge in [-0.1, -0.05) is 95.6 Å². The minimum atomic E-state index is -0.655. The number of halogens is 1. The van der Waals surface area contributed by atoms with Gasteiger partial charge in [0.2, 0.25) is 5.88 Å². The van der Waals surface area contributed by atoms with Crippen LogP contribution in [-0.2, 0) is 4.79 Å². The van der Waals surface area contributed by atoms with Crippen LogP contribution in [0.15, 0.2) is 4.99 Å². The molecule has 3 N–H and O–H groups in total. The first kappa shape index (κ1) is 29.9. The molecule has 9 heteroatoms. The third-order valence-corrected chi connectivity index (χ3v) is 5.82. The normalized spacial score (nSPS) is 12.4. The van der Waals surface area contributed by atoms with Crippen molar-refractivity contribution in [2.45, 2.75) is 104 Å². The van der Waals surface area contributed by atoms with Crippen molar-refractivity contribution in [1.82, 2.24) is 15.3 Å². The number of hydrogen-bond acceptors (Lipinski definition) is 7. The average molecular weight is 498 g/mol. The van der Waals surface area contributed by atoms with Crippen LogP contribution in [0, 0.1) is 6.92 Å². The number of aromatic nitrogens is 2. The summed E-state index contributed by atoms with van der Waals surface area (Å²) in [5.41, 5.74) is 0.530. The van der Waals surface area contributed by atoms with Crippen LogP contribution in [0.1, 0.15) is 103 Å². The molecule has 2 rings (SSSR count). The van der Waals surface area contributed by atoms with E-state index in [1.807, 2.05) is 0 Å². The van der Waals surface area contributed by atoms with Crippen molar-refractivity contribution in [2.24, 2.45) is 4.99 Å². The summed E-state index contributed by atoms with van der Waals surface area (Å²) in [6.07, 6.45) is 17.3. The van der Waals surface area contributed by atoms with Gasteiger partial charge in [-0.05, 0) is 13.3 Å². The number of nitrogens with one attached hydrogen (secondary N) is 2. The number of unbranched alkanes of at least 4 members (excludes halogenated alkanes) is 12. The summed E-state index contributed by atoms with van der Waals surface area (Å²) in [7, 11) is 1.53. The lowest BCUT2D eigenvalue weighted by atomic mass is 10.0. The lowest BCUT2D eigenvalue weighted by Gasteiger charge is -2.11. The van der Waals surface area contributed by atoms with Gasteiger partial charge in [0.15, 0.2) is 11.1 Å². The van der Waals surface area contributed by atoms with Crippen molar-refractivity contribution in [3.63, 3.8) is 0 Å². The first-order valence-electron chi connectivity index (χ1n) is 12.8. The minimum absolute atomic E-state index is 0.320. The van der Waals surface area contributed by atoms with Crippen LogP contribution in [0.2, 0.25) is 5.15 Å². The van der Waals surface area contributed by atoms with Crippen molar-refractivity contribution in [1.29, 1.82) is 0 Å². The number of ether oxygens (including phenoxy) is 1. The molecule has 0 aliphatic carbocycles. The number of methoxy groups -OCH3 is 1. The fraction of sp³-hybridized carbons (Fsp3) is 0.760. The first-order chi connectivity index (χ1) is 16.5. The van der Waals surface area contributed by atoms with Crippen LogP contribution >= 0.6 is 11.6 Å². The standard InChI is InChI=1S/C16H32O2.C9H12ClN5O/c1-2-3-4-5-6-7-8-9-10-11-12-13-14-15-16(17)18;1-5-13-7(10)6(8(14-5)16-2)15-9-11-3-4-12-9/h2-15H2,1H3,(H,17,18);3-4H2,1-2H3,(H2,11,12,15). The monoisotopic (exact) mass is 497 g/mol. The van der Waals surface area contributed by atoms with Crippen molar-refractivity contribution >= 4 is 29.2 Å². The second-order valence-electron chi connectivity index (χ2n) is 8.61. The van der Waals surface area contributed by atoms with Crippen LogP contribution < -0.4 is 15.4 Å². The summed E-state index contributed by atoms with van der Waals surface area (Å²) >= 11 is 6.02. The topological polar surface area (TPSA) is 109 Å². The smallest absolute Gasteiger partial charge is 0.303 e. The van der Waals surface area contributed by atoms with E-state index >= 15 is 0 Å². The Labute approximate surface area is 210 Å². The number of guanidine groups is 1. The highest BCUT2D eigenvalue weighted by Crippen LogP contribution is 2.28. The molecule has 1 aliphatic rings. The quantitative estimate of drug-likeness (QED) is 0.180. The van der Waals surface area contributed by atoms with Gasteiger partial charge in [-0.15, -0.1) is 0 Å². The summed E-state index contributed by atoms with van der Waals surface area (Å²) in [6.45, 7) is 5.57. The van der Waals surface area contributed by atoms with E-state index in [2.05, 4.69) is 32.5 Å². The Morgan fingerprint density at radius 3 is 2.03 bits per heavy atom. The number of carbonyl (C=O) groups is 1. The molecule has 0 saturated heterocycles. The Kier molecular flexibility index (Phi) is 16.9. The van der Waals surface area contributed by atoms with Crippen molar-refractivity contribution in [3.8, 4) is 5.88 Å². The number of aliphatic imine (C=N–C) groups is 1. The minimum Gasteiger partial charge on any atom is -0.481 e. The molecule has 0 spiro atoms. The molecule has 0 saturated carbocycles. The van der Waals surface area contributed by atoms with E-state index in [1.54, 1.807) is 6.92 Å². The molecular weight excluding hydrogens is 454 g/mol. The van der Waals surface area contributed by atoms with E-state index < -0.39 is 5.97 Å². The summed E-state index contributed by atoms with van der Waals surface area (Å²) < 4.78 is 5.14. The molecule has 0 aromatic carbocycles. The molecule has 0 unspecified atom stereocenters. The number of carboxylic acids is 1. The van der Waals surface area contributed by atoms with Gasteiger partial charge in [-0.25, -0.2) is 4.98 Å². The zero-order valence-electron chi connectivity index (χ0n) is 21.3. The van der Waals surface area contributed by atoms with Crippen LogP contribution in [-0.4, -0.2) is 47.2 Å². The maximum atomic E-state index is 10.3. The molecule has 0 radical (unpaired) electrons. The highest BCUT2D eigenvalue weighted by Gasteiger charge is 2.15. The van der Waals surface area contributed by atoms with E-state index in [-0.39, 0.29) is 0 Å². The second kappa shape index (κ2) is 19.2. The molecule has 0 atom stereocenters. The van der Waals surface area contributed by atoms with Crippen LogP contribution in [0.3, 0.4) is 0 Å². The molecule has 1 aliphatic heterocycles. The number of carboxylic acid groups (broad SMARTS) is 1. The fourth-order valence-electron chi connectivity index (χ4n) is 3.66. The van der Waals surface area contributed by atoms with Gasteiger partial charge in [0.05, 0.1) is 13.7 Å². The molecule has 34 heavy (non-hydrogen) atoms. The molecule has 194 valence electrons. The van der Waals surface area contributed by atoms with Crippen molar-refractivity contribution in [3.05, 3.63) is 11.0 Å². The zero-order valence-corrected chi connectivity index (χ0v) is 22.1. The third kappa shape index (κ3) is 14.2. The van der Waals surface area contributed by atoms with Gasteiger partial charge < -0.3 is 20.5 Å². The van der Waals surface area contributed by atoms with E-state index in [4.69, 9.17) is 21.4 Å². The summed E-state index contributed by atoms with van der Waals surface area (Å²) in [6, 6.07) is 0. The molecule has 1 aromatic heterocycles. The second-order valence-corrected chi connectivity index (χ2v) is 8.97. The van der Waals surface area contributed by atoms with Crippen LogP contribution in [0.4, 0.5) is 5.69 Å². The Morgan fingerprint density at radius 1 is 1.00 bits per heavy atom. The Bertz CT molecular complexity index is 731. The predicted octanol–water partition coefficient (Wildman–Crippen LogP) is 6.37. The number of aryl methyl sites for hydroxylation is 1. The lowest BCUT2D eigenvalue weighted by Crippen LogP contribution is -2.26. The lowest BCUT2D eigenvalue weighted by molar-refractivity contribution is -0.137. The number of hydrogen-bond donors (Lipinski definition) is 3. The van der Waals surface area contributed by atoms with Crippen LogP contribution in [0.5, 0.6) is 5.88 Å². The molecular formula is C25H44ClN5O3. The highest BCUT2D eigenvalue weighted by molar-refractivity contribution is 6.32. The average Bonchev–Trinajstić information content (AvgIpc) is 3.32. The molecule has 8 nitrogen and oxygen atoms in total. The summed E-state index contributed by atoms with van der Waals surface area (Å²) in [5, 5.41) is 14.9. The summed E-state index contributed by atoms with van der Waals surface area (Å²) in [5.74, 6) is 0.980. The SMILES string of the molecule is CCCCCCCCCCCCCCCC(=O)O.COc1nc(C)nc(Cl)c1NC1=NCCN1. The fourth-order valence-corrected chi connectivity index (χ4v) is 3.91. The number of nitrogens with zero attached hydrogens (tertiary/aromatic N) is 3. The Morgan fingerprint density at radius 2 is 1.56 bits per heavy atom. The van der Waals surface area contributed by atoms with E-state index in [0.29, 0.717) is 34.9 Å². The van der Waals surface area contributed by atoms with E-state index in [0.717, 1.165) is 25.9 Å². The van der Waals surface area contributed by atoms with E-state index in [9.17, 15) is 4.79 Å². The van der Waals surface area contributed by atoms with Gasteiger partial charge in [0, 0.05) is 13.0 Å². The van der Waals surface area contributed by atoms with Gasteiger partial charge >= 0.3 is 5.97 Å². The van der Waals surface area contributed by atoms with Gasteiger partial charge in [0.1, 0.15) is 11.5 Å². The molecule has 2 heterocycles. The Balaban J connectivity index is 0.000000341. The molecule has 0 bridgehead atoms. The highest BCUT2D eigenvalue weighted by atomic mass is 35.5. The largest absolute Gasteiger partial charge is 0.481 e. The maximum absolute atomic E-state index is 10.3. The molecule has 0 amide bonds. The Hall–Kier alpha value is -2.09. The van der Waals surface area contributed by atoms with Gasteiger partial charge in [0.25, 0.3) is 0 Å². The van der Waals surface area contributed by atoms with Crippen molar-refractivity contribution < 1.29 is 14.6 Å². The van der Waals surface area contributed by atoms with E-state index in [1.165, 1.54) is 77.7 Å².